The molecule has 2 atom stereocenters. The maximum atomic E-state index is 13.8. The second-order valence-electron chi connectivity index (χ2n) is 5.10. The van der Waals surface area contributed by atoms with Crippen molar-refractivity contribution in [3.05, 3.63) is 35.1 Å². The van der Waals surface area contributed by atoms with E-state index in [0.29, 0.717) is 18.5 Å². The largest absolute Gasteiger partial charge is 0.465 e. The van der Waals surface area contributed by atoms with E-state index in [1.54, 1.807) is 6.07 Å². The Balaban J connectivity index is 1.93. The summed E-state index contributed by atoms with van der Waals surface area (Å²) in [5, 5.41) is 3.37. The predicted molar refractivity (Wildman–Crippen MR) is 73.0 cm³/mol. The Kier molecular flexibility index (Phi) is 5.09. The number of halogens is 1. The summed E-state index contributed by atoms with van der Waals surface area (Å²) < 4.78 is 23.6. The van der Waals surface area contributed by atoms with E-state index in [0.717, 1.165) is 25.2 Å². The van der Waals surface area contributed by atoms with Crippen LogP contribution in [0.4, 0.5) is 4.39 Å². The van der Waals surface area contributed by atoms with Crippen LogP contribution in [0.2, 0.25) is 0 Å². The average molecular weight is 281 g/mol. The van der Waals surface area contributed by atoms with Gasteiger partial charge < -0.3 is 14.8 Å². The molecule has 1 aliphatic rings. The van der Waals surface area contributed by atoms with Crippen LogP contribution in [-0.4, -0.2) is 32.3 Å². The minimum absolute atomic E-state index is 0.0338. The summed E-state index contributed by atoms with van der Waals surface area (Å²) in [5.74, 6) is -0.694. The van der Waals surface area contributed by atoms with E-state index in [4.69, 9.17) is 4.74 Å². The number of ether oxygens (including phenoxy) is 2. The molecule has 0 saturated carbocycles. The zero-order valence-electron chi connectivity index (χ0n) is 11.8. The molecule has 1 aliphatic heterocycles. The van der Waals surface area contributed by atoms with Crippen LogP contribution in [0.1, 0.15) is 29.3 Å². The van der Waals surface area contributed by atoms with Gasteiger partial charge in [0.2, 0.25) is 0 Å². The Hall–Kier alpha value is -1.46. The lowest BCUT2D eigenvalue weighted by molar-refractivity contribution is 0.0595. The van der Waals surface area contributed by atoms with E-state index >= 15 is 0 Å². The standard InChI is InChI=1S/C15H20FNO3/c1-10(12-5-6-20-9-12)17-8-11-3-4-13(14(16)7-11)15(18)19-2/h3-4,7,10,12,17H,5-6,8-9H2,1-2H3. The molecule has 1 aromatic rings. The molecule has 0 radical (unpaired) electrons. The van der Waals surface area contributed by atoms with Crippen LogP contribution < -0.4 is 5.32 Å². The van der Waals surface area contributed by atoms with Crippen LogP contribution in [-0.2, 0) is 16.0 Å². The predicted octanol–water partition coefficient (Wildman–Crippen LogP) is 2.13. The van der Waals surface area contributed by atoms with Gasteiger partial charge >= 0.3 is 5.97 Å². The number of nitrogens with one attached hydrogen (secondary N) is 1. The van der Waals surface area contributed by atoms with Gasteiger partial charge in [0.25, 0.3) is 0 Å². The molecule has 1 aromatic carbocycles. The van der Waals surface area contributed by atoms with Gasteiger partial charge in [-0.15, -0.1) is 0 Å². The SMILES string of the molecule is COC(=O)c1ccc(CNC(C)C2CCOC2)cc1F. The number of carbonyl (C=O) groups excluding carboxylic acids is 1. The molecule has 5 heteroatoms. The first-order valence-electron chi connectivity index (χ1n) is 6.79. The first-order valence-corrected chi connectivity index (χ1v) is 6.79. The van der Waals surface area contributed by atoms with Crippen LogP contribution >= 0.6 is 0 Å². The van der Waals surface area contributed by atoms with E-state index in [2.05, 4.69) is 17.0 Å². The van der Waals surface area contributed by atoms with Gasteiger partial charge in [-0.05, 0) is 37.0 Å². The molecule has 2 unspecified atom stereocenters. The number of rotatable bonds is 5. The number of hydrogen-bond donors (Lipinski definition) is 1. The first-order chi connectivity index (χ1) is 9.61. The third kappa shape index (κ3) is 3.55. The van der Waals surface area contributed by atoms with Gasteiger partial charge in [-0.3, -0.25) is 0 Å². The number of benzene rings is 1. The molecule has 20 heavy (non-hydrogen) atoms. The molecule has 1 heterocycles. The fraction of sp³-hybridized carbons (Fsp3) is 0.533. The Bertz CT molecular complexity index is 472. The molecular formula is C15H20FNO3. The fourth-order valence-corrected chi connectivity index (χ4v) is 2.34. The van der Waals surface area contributed by atoms with E-state index in [1.165, 1.54) is 19.2 Å². The van der Waals surface area contributed by atoms with Crippen LogP contribution in [0.5, 0.6) is 0 Å². The van der Waals surface area contributed by atoms with Crippen molar-refractivity contribution >= 4 is 5.97 Å². The number of hydrogen-bond acceptors (Lipinski definition) is 4. The van der Waals surface area contributed by atoms with Gasteiger partial charge in [0.05, 0.1) is 19.3 Å². The lowest BCUT2D eigenvalue weighted by atomic mass is 10.0. The van der Waals surface area contributed by atoms with Crippen LogP contribution in [0.25, 0.3) is 0 Å². The molecular weight excluding hydrogens is 261 g/mol. The van der Waals surface area contributed by atoms with Crippen molar-refractivity contribution in [3.8, 4) is 0 Å². The van der Waals surface area contributed by atoms with E-state index in [-0.39, 0.29) is 5.56 Å². The molecule has 1 N–H and O–H groups in total. The van der Waals surface area contributed by atoms with Gasteiger partial charge in [0.1, 0.15) is 5.82 Å². The Morgan fingerprint density at radius 2 is 2.40 bits per heavy atom. The van der Waals surface area contributed by atoms with Crippen LogP contribution in [0.15, 0.2) is 18.2 Å². The van der Waals surface area contributed by atoms with Crippen molar-refractivity contribution < 1.29 is 18.7 Å². The van der Waals surface area contributed by atoms with Crippen molar-refractivity contribution in [3.63, 3.8) is 0 Å². The second-order valence-corrected chi connectivity index (χ2v) is 5.10. The maximum absolute atomic E-state index is 13.8. The molecule has 0 amide bonds. The molecule has 1 saturated heterocycles. The highest BCUT2D eigenvalue weighted by atomic mass is 19.1. The summed E-state index contributed by atoms with van der Waals surface area (Å²) in [7, 11) is 1.24. The summed E-state index contributed by atoms with van der Waals surface area (Å²) in [6.07, 6.45) is 1.06. The molecule has 2 rings (SSSR count). The topological polar surface area (TPSA) is 47.6 Å². The molecule has 1 fully saturated rings. The Morgan fingerprint density at radius 1 is 1.60 bits per heavy atom. The fourth-order valence-electron chi connectivity index (χ4n) is 2.34. The van der Waals surface area contributed by atoms with E-state index in [1.807, 2.05) is 0 Å². The molecule has 0 spiro atoms. The molecule has 110 valence electrons. The normalized spacial score (nSPS) is 19.9. The third-order valence-electron chi connectivity index (χ3n) is 3.74. The summed E-state index contributed by atoms with van der Waals surface area (Å²) in [6, 6.07) is 4.89. The number of esters is 1. The van der Waals surface area contributed by atoms with Gasteiger partial charge in [-0.25, -0.2) is 9.18 Å². The minimum Gasteiger partial charge on any atom is -0.465 e. The third-order valence-corrected chi connectivity index (χ3v) is 3.74. The molecule has 0 aromatic heterocycles. The minimum atomic E-state index is -0.654. The number of methoxy groups -OCH3 is 1. The lowest BCUT2D eigenvalue weighted by Gasteiger charge is -2.19. The summed E-state index contributed by atoms with van der Waals surface area (Å²) >= 11 is 0. The maximum Gasteiger partial charge on any atom is 0.340 e. The highest BCUT2D eigenvalue weighted by molar-refractivity contribution is 5.89. The van der Waals surface area contributed by atoms with Crippen molar-refractivity contribution in [1.29, 1.82) is 0 Å². The van der Waals surface area contributed by atoms with Crippen LogP contribution in [0, 0.1) is 11.7 Å². The van der Waals surface area contributed by atoms with Gasteiger partial charge in [-0.2, -0.15) is 0 Å². The molecule has 0 aliphatic carbocycles. The zero-order chi connectivity index (χ0) is 14.5. The Morgan fingerprint density at radius 3 is 3.00 bits per heavy atom. The quantitative estimate of drug-likeness (QED) is 0.840. The van der Waals surface area contributed by atoms with Crippen molar-refractivity contribution in [2.45, 2.75) is 25.9 Å². The van der Waals surface area contributed by atoms with Crippen molar-refractivity contribution in [1.82, 2.24) is 5.32 Å². The van der Waals surface area contributed by atoms with E-state index < -0.39 is 11.8 Å². The molecule has 0 bridgehead atoms. The number of carbonyl (C=O) groups is 1. The van der Waals surface area contributed by atoms with Gasteiger partial charge in [0.15, 0.2) is 0 Å². The van der Waals surface area contributed by atoms with E-state index in [9.17, 15) is 9.18 Å². The second kappa shape index (κ2) is 6.81. The Labute approximate surface area is 118 Å². The smallest absolute Gasteiger partial charge is 0.340 e. The van der Waals surface area contributed by atoms with Gasteiger partial charge in [0, 0.05) is 19.2 Å². The van der Waals surface area contributed by atoms with Crippen molar-refractivity contribution in [2.75, 3.05) is 20.3 Å². The van der Waals surface area contributed by atoms with Gasteiger partial charge in [-0.1, -0.05) is 6.07 Å². The summed E-state index contributed by atoms with van der Waals surface area (Å²) in [4.78, 5) is 11.3. The lowest BCUT2D eigenvalue weighted by Crippen LogP contribution is -2.33. The average Bonchev–Trinajstić information content (AvgIpc) is 2.98. The highest BCUT2D eigenvalue weighted by Crippen LogP contribution is 2.17. The molecule has 4 nitrogen and oxygen atoms in total. The summed E-state index contributed by atoms with van der Waals surface area (Å²) in [5.41, 5.74) is 0.773. The highest BCUT2D eigenvalue weighted by Gasteiger charge is 2.21. The van der Waals surface area contributed by atoms with Crippen molar-refractivity contribution in [2.24, 2.45) is 5.92 Å². The van der Waals surface area contributed by atoms with Crippen LogP contribution in [0.3, 0.4) is 0 Å². The summed E-state index contributed by atoms with van der Waals surface area (Å²) in [6.45, 7) is 4.28. The first kappa shape index (κ1) is 14.9. The zero-order valence-corrected chi connectivity index (χ0v) is 11.8. The monoisotopic (exact) mass is 281 g/mol.